The lowest BCUT2D eigenvalue weighted by Gasteiger charge is -2.30. The Labute approximate surface area is 98.5 Å². The van der Waals surface area contributed by atoms with Crippen LogP contribution in [0, 0.1) is 5.41 Å². The molecule has 1 aliphatic carbocycles. The minimum atomic E-state index is 0.108. The molecule has 0 amide bonds. The molecule has 1 saturated carbocycles. The van der Waals surface area contributed by atoms with Gasteiger partial charge in [-0.05, 0) is 51.4 Å². The van der Waals surface area contributed by atoms with Gasteiger partial charge in [-0.3, -0.25) is 0 Å². The lowest BCUT2D eigenvalue weighted by atomic mass is 9.82. The van der Waals surface area contributed by atoms with E-state index in [0.717, 1.165) is 5.88 Å². The molecule has 2 aliphatic rings. The fourth-order valence-electron chi connectivity index (χ4n) is 3.22. The quantitative estimate of drug-likeness (QED) is 0.663. The molecule has 1 unspecified atom stereocenters. The molecule has 1 aliphatic heterocycles. The molecule has 2 rings (SSSR count). The van der Waals surface area contributed by atoms with Gasteiger partial charge in [-0.15, -0.1) is 11.6 Å². The van der Waals surface area contributed by atoms with Gasteiger partial charge in [0.15, 0.2) is 0 Å². The highest BCUT2D eigenvalue weighted by atomic mass is 35.5. The molecule has 2 heteroatoms. The predicted octanol–water partition coefficient (Wildman–Crippen LogP) is 4.13. The van der Waals surface area contributed by atoms with Crippen LogP contribution < -0.4 is 0 Å². The largest absolute Gasteiger partial charge is 0.372 e. The van der Waals surface area contributed by atoms with Gasteiger partial charge in [0.2, 0.25) is 0 Å². The van der Waals surface area contributed by atoms with E-state index in [2.05, 4.69) is 13.8 Å². The fraction of sp³-hybridized carbons (Fsp3) is 1.00. The summed E-state index contributed by atoms with van der Waals surface area (Å²) in [6, 6.07) is 0. The summed E-state index contributed by atoms with van der Waals surface area (Å²) in [6.07, 6.45) is 9.46. The summed E-state index contributed by atoms with van der Waals surface area (Å²) in [5, 5.41) is 0. The fourth-order valence-corrected chi connectivity index (χ4v) is 3.60. The maximum Gasteiger partial charge on any atom is 0.0631 e. The Bertz CT molecular complexity index is 219. The second kappa shape index (κ2) is 4.25. The molecule has 1 heterocycles. The molecule has 0 aromatic rings. The second-order valence-electron chi connectivity index (χ2n) is 6.08. The average Bonchev–Trinajstić information content (AvgIpc) is 2.75. The van der Waals surface area contributed by atoms with Crippen LogP contribution in [0.4, 0.5) is 0 Å². The van der Waals surface area contributed by atoms with Crippen molar-refractivity contribution in [2.75, 3.05) is 5.88 Å². The Hall–Kier alpha value is 0.250. The number of ether oxygens (including phenoxy) is 1. The zero-order valence-corrected chi connectivity index (χ0v) is 10.8. The average molecular weight is 231 g/mol. The Morgan fingerprint density at radius 1 is 1.20 bits per heavy atom. The number of alkyl halides is 1. The van der Waals surface area contributed by atoms with Crippen molar-refractivity contribution in [3.05, 3.63) is 0 Å². The van der Waals surface area contributed by atoms with Crippen molar-refractivity contribution in [3.63, 3.8) is 0 Å². The van der Waals surface area contributed by atoms with Crippen molar-refractivity contribution in [3.8, 4) is 0 Å². The molecule has 15 heavy (non-hydrogen) atoms. The van der Waals surface area contributed by atoms with Gasteiger partial charge in [-0.25, -0.2) is 0 Å². The van der Waals surface area contributed by atoms with Crippen LogP contribution in [0.2, 0.25) is 0 Å². The minimum absolute atomic E-state index is 0.108. The van der Waals surface area contributed by atoms with Gasteiger partial charge in [0, 0.05) is 5.88 Å². The van der Waals surface area contributed by atoms with Crippen LogP contribution in [-0.2, 0) is 4.74 Å². The first-order valence-electron chi connectivity index (χ1n) is 6.29. The topological polar surface area (TPSA) is 9.23 Å². The standard InChI is InChI=1S/C13H23ClO/c1-12(2)8-5-11(15-12)9-13(10-14)6-3-4-7-13/h11H,3-10H2,1-2H3. The normalized spacial score (nSPS) is 33.4. The highest BCUT2D eigenvalue weighted by molar-refractivity contribution is 6.18. The Morgan fingerprint density at radius 3 is 2.33 bits per heavy atom. The molecule has 0 aromatic heterocycles. The van der Waals surface area contributed by atoms with Crippen molar-refractivity contribution in [1.82, 2.24) is 0 Å². The number of hydrogen-bond acceptors (Lipinski definition) is 1. The third-order valence-corrected chi connectivity index (χ3v) is 4.73. The van der Waals surface area contributed by atoms with Gasteiger partial charge >= 0.3 is 0 Å². The molecule has 1 nitrogen and oxygen atoms in total. The van der Waals surface area contributed by atoms with Crippen LogP contribution in [0.5, 0.6) is 0 Å². The van der Waals surface area contributed by atoms with Crippen molar-refractivity contribution >= 4 is 11.6 Å². The summed E-state index contributed by atoms with van der Waals surface area (Å²) in [5.74, 6) is 0.827. The maximum atomic E-state index is 6.16. The summed E-state index contributed by atoms with van der Waals surface area (Å²) in [5.41, 5.74) is 0.517. The summed E-state index contributed by atoms with van der Waals surface area (Å²) >= 11 is 6.16. The minimum Gasteiger partial charge on any atom is -0.372 e. The van der Waals surface area contributed by atoms with Crippen LogP contribution in [0.1, 0.15) is 58.8 Å². The number of rotatable bonds is 3. The van der Waals surface area contributed by atoms with Crippen molar-refractivity contribution in [2.24, 2.45) is 5.41 Å². The Morgan fingerprint density at radius 2 is 1.87 bits per heavy atom. The first-order valence-corrected chi connectivity index (χ1v) is 6.83. The Balaban J connectivity index is 1.91. The van der Waals surface area contributed by atoms with Gasteiger partial charge in [-0.1, -0.05) is 12.8 Å². The van der Waals surface area contributed by atoms with Gasteiger partial charge in [0.25, 0.3) is 0 Å². The molecule has 1 saturated heterocycles. The van der Waals surface area contributed by atoms with E-state index in [9.17, 15) is 0 Å². The van der Waals surface area contributed by atoms with E-state index in [1.807, 2.05) is 0 Å². The lowest BCUT2D eigenvalue weighted by molar-refractivity contribution is -0.0326. The predicted molar refractivity (Wildman–Crippen MR) is 64.4 cm³/mol. The summed E-state index contributed by atoms with van der Waals surface area (Å²) in [7, 11) is 0. The van der Waals surface area contributed by atoms with Crippen molar-refractivity contribution < 1.29 is 4.74 Å². The molecule has 0 N–H and O–H groups in total. The van der Waals surface area contributed by atoms with Crippen LogP contribution >= 0.6 is 11.6 Å². The molecule has 0 radical (unpaired) electrons. The third-order valence-electron chi connectivity index (χ3n) is 4.16. The molecule has 0 spiro atoms. The zero-order valence-electron chi connectivity index (χ0n) is 10.0. The summed E-state index contributed by atoms with van der Waals surface area (Å²) < 4.78 is 6.08. The lowest BCUT2D eigenvalue weighted by Crippen LogP contribution is -2.27. The van der Waals surface area contributed by atoms with Crippen LogP contribution in [0.15, 0.2) is 0 Å². The second-order valence-corrected chi connectivity index (χ2v) is 6.35. The summed E-state index contributed by atoms with van der Waals surface area (Å²) in [6.45, 7) is 4.41. The van der Waals surface area contributed by atoms with Crippen LogP contribution in [-0.4, -0.2) is 17.6 Å². The van der Waals surface area contributed by atoms with Crippen LogP contribution in [0.25, 0.3) is 0 Å². The maximum absolute atomic E-state index is 6.16. The van der Waals surface area contributed by atoms with E-state index >= 15 is 0 Å². The van der Waals surface area contributed by atoms with Crippen molar-refractivity contribution in [1.29, 1.82) is 0 Å². The van der Waals surface area contributed by atoms with E-state index in [0.29, 0.717) is 11.5 Å². The third kappa shape index (κ3) is 2.68. The van der Waals surface area contributed by atoms with E-state index < -0.39 is 0 Å². The molecular weight excluding hydrogens is 208 g/mol. The molecule has 1 atom stereocenters. The first-order chi connectivity index (χ1) is 7.05. The summed E-state index contributed by atoms with van der Waals surface area (Å²) in [4.78, 5) is 0. The molecule has 0 aromatic carbocycles. The van der Waals surface area contributed by atoms with Crippen LogP contribution in [0.3, 0.4) is 0 Å². The Kier molecular flexibility index (Phi) is 3.33. The number of hydrogen-bond donors (Lipinski definition) is 0. The van der Waals surface area contributed by atoms with Gasteiger partial charge < -0.3 is 4.74 Å². The number of halogens is 1. The van der Waals surface area contributed by atoms with E-state index in [1.54, 1.807) is 0 Å². The van der Waals surface area contributed by atoms with E-state index in [1.165, 1.54) is 44.9 Å². The SMILES string of the molecule is CC1(C)CCC(CC2(CCl)CCCC2)O1. The van der Waals surface area contributed by atoms with Gasteiger partial charge in [-0.2, -0.15) is 0 Å². The smallest absolute Gasteiger partial charge is 0.0631 e. The van der Waals surface area contributed by atoms with E-state index in [-0.39, 0.29) is 5.60 Å². The first kappa shape index (κ1) is 11.7. The monoisotopic (exact) mass is 230 g/mol. The molecule has 88 valence electrons. The van der Waals surface area contributed by atoms with E-state index in [4.69, 9.17) is 16.3 Å². The van der Waals surface area contributed by atoms with Gasteiger partial charge in [0.05, 0.1) is 11.7 Å². The van der Waals surface area contributed by atoms with Crippen molar-refractivity contribution in [2.45, 2.75) is 70.5 Å². The molecule has 2 fully saturated rings. The highest BCUT2D eigenvalue weighted by Crippen LogP contribution is 2.46. The molecule has 0 bridgehead atoms. The molecular formula is C13H23ClO. The van der Waals surface area contributed by atoms with Gasteiger partial charge in [0.1, 0.15) is 0 Å². The highest BCUT2D eigenvalue weighted by Gasteiger charge is 2.40. The zero-order chi connectivity index (χ0) is 10.9.